The number of aromatic nitrogens is 4. The van der Waals surface area contributed by atoms with E-state index in [1.54, 1.807) is 6.07 Å². The Kier molecular flexibility index (Phi) is 8.93. The van der Waals surface area contributed by atoms with E-state index in [1.165, 1.54) is 43.6 Å². The van der Waals surface area contributed by atoms with Crippen molar-refractivity contribution in [2.45, 2.75) is 25.2 Å². The number of nitrogen functional groups attached to an aromatic ring is 2. The lowest BCUT2D eigenvalue weighted by Crippen LogP contribution is -2.15. The molecule has 2 aromatic carbocycles. The van der Waals surface area contributed by atoms with Crippen molar-refractivity contribution in [3.63, 3.8) is 0 Å². The summed E-state index contributed by atoms with van der Waals surface area (Å²) in [7, 11) is -3.75. The summed E-state index contributed by atoms with van der Waals surface area (Å²) in [6.07, 6.45) is 3.62. The molecule has 6 N–H and O–H groups in total. The van der Waals surface area contributed by atoms with Crippen LogP contribution in [0.25, 0.3) is 11.1 Å². The number of hydrogen-bond donors (Lipinski definition) is 4. The average Bonchev–Trinajstić information content (AvgIpc) is 2.85. The Balaban J connectivity index is 0.000000208. The third-order valence-electron chi connectivity index (χ3n) is 4.77. The third kappa shape index (κ3) is 7.59. The van der Waals surface area contributed by atoms with Gasteiger partial charge in [-0.2, -0.15) is 4.98 Å². The molecule has 4 aromatic rings. The van der Waals surface area contributed by atoms with Gasteiger partial charge in [-0.15, -0.1) is 0 Å². The molecular weight excluding hydrogens is 516 g/mol. The van der Waals surface area contributed by atoms with E-state index < -0.39 is 10.0 Å². The van der Waals surface area contributed by atoms with Gasteiger partial charge in [0.25, 0.3) is 10.0 Å². The van der Waals surface area contributed by atoms with Crippen LogP contribution in [0.5, 0.6) is 0 Å². The first-order valence-corrected chi connectivity index (χ1v) is 12.8. The summed E-state index contributed by atoms with van der Waals surface area (Å²) in [4.78, 5) is 26.7. The highest BCUT2D eigenvalue weighted by atomic mass is 35.5. The predicted molar refractivity (Wildman–Crippen MR) is 144 cm³/mol. The highest BCUT2D eigenvalue weighted by molar-refractivity contribution is 7.92. The molecule has 192 valence electrons. The monoisotopic (exact) mass is 540 g/mol. The average molecular weight is 541 g/mol. The van der Waals surface area contributed by atoms with Gasteiger partial charge in [-0.3, -0.25) is 4.79 Å². The summed E-state index contributed by atoms with van der Waals surface area (Å²) in [5.74, 6) is 0.378. The summed E-state index contributed by atoms with van der Waals surface area (Å²) < 4.78 is 26.4. The molecular formula is C24H25ClN8O3S. The van der Waals surface area contributed by atoms with Crippen molar-refractivity contribution in [2.24, 2.45) is 0 Å². The van der Waals surface area contributed by atoms with E-state index in [0.717, 1.165) is 23.2 Å². The van der Waals surface area contributed by atoms with Gasteiger partial charge in [0.15, 0.2) is 0 Å². The smallest absolute Gasteiger partial charge is 0.264 e. The second kappa shape index (κ2) is 12.1. The molecule has 0 fully saturated rings. The third-order valence-corrected chi connectivity index (χ3v) is 6.37. The van der Waals surface area contributed by atoms with Crippen LogP contribution in [0.15, 0.2) is 71.9 Å². The molecule has 2 heterocycles. The summed E-state index contributed by atoms with van der Waals surface area (Å²) >= 11 is 5.86. The van der Waals surface area contributed by atoms with E-state index in [1.807, 2.05) is 31.2 Å². The topological polar surface area (TPSA) is 179 Å². The van der Waals surface area contributed by atoms with E-state index >= 15 is 0 Å². The number of carbonyl (C=O) groups is 1. The summed E-state index contributed by atoms with van der Waals surface area (Å²) in [5.41, 5.74) is 14.6. The molecule has 0 bridgehead atoms. The van der Waals surface area contributed by atoms with Crippen LogP contribution in [0.4, 0.5) is 23.4 Å². The molecule has 0 atom stereocenters. The number of amides is 1. The number of nitrogens with one attached hydrogen (secondary N) is 2. The first-order chi connectivity index (χ1) is 17.6. The van der Waals surface area contributed by atoms with Gasteiger partial charge in [0.1, 0.15) is 5.82 Å². The van der Waals surface area contributed by atoms with Gasteiger partial charge < -0.3 is 16.8 Å². The predicted octanol–water partition coefficient (Wildman–Crippen LogP) is 3.76. The van der Waals surface area contributed by atoms with Crippen LogP contribution in [-0.2, 0) is 21.2 Å². The highest BCUT2D eigenvalue weighted by Crippen LogP contribution is 2.29. The maximum Gasteiger partial charge on any atom is 0.264 e. The van der Waals surface area contributed by atoms with Crippen molar-refractivity contribution >= 4 is 50.9 Å². The molecule has 1 amide bonds. The van der Waals surface area contributed by atoms with Gasteiger partial charge >= 0.3 is 0 Å². The molecule has 0 aliphatic rings. The minimum atomic E-state index is -3.75. The first kappa shape index (κ1) is 27.3. The Bertz CT molecular complexity index is 1470. The lowest BCUT2D eigenvalue weighted by atomic mass is 10.0. The Morgan fingerprint density at radius 2 is 1.59 bits per heavy atom. The molecule has 0 radical (unpaired) electrons. The van der Waals surface area contributed by atoms with Gasteiger partial charge in [0.05, 0.1) is 10.6 Å². The zero-order valence-corrected chi connectivity index (χ0v) is 21.6. The minimum Gasteiger partial charge on any atom is -0.383 e. The van der Waals surface area contributed by atoms with E-state index in [0.29, 0.717) is 16.5 Å². The zero-order valence-electron chi connectivity index (χ0n) is 20.0. The number of hydrogen-bond acceptors (Lipinski definition) is 9. The maximum atomic E-state index is 12.1. The number of nitrogens with zero attached hydrogens (tertiary/aromatic N) is 4. The number of aryl methyl sites for hydroxylation is 1. The Labute approximate surface area is 219 Å². The molecule has 37 heavy (non-hydrogen) atoms. The second-order valence-corrected chi connectivity index (χ2v) is 9.65. The molecule has 2 aromatic heterocycles. The van der Waals surface area contributed by atoms with Crippen molar-refractivity contribution in [1.82, 2.24) is 19.9 Å². The van der Waals surface area contributed by atoms with Crippen LogP contribution in [0.1, 0.15) is 19.5 Å². The quantitative estimate of drug-likeness (QED) is 0.283. The second-order valence-electron chi connectivity index (χ2n) is 7.53. The number of nitrogens with two attached hydrogens (primary N) is 2. The van der Waals surface area contributed by atoms with Crippen LogP contribution >= 0.6 is 11.6 Å². The van der Waals surface area contributed by atoms with Crippen LogP contribution < -0.4 is 21.5 Å². The maximum absolute atomic E-state index is 12.1. The van der Waals surface area contributed by atoms with Gasteiger partial charge in [0, 0.05) is 35.6 Å². The lowest BCUT2D eigenvalue weighted by molar-refractivity contribution is -0.114. The highest BCUT2D eigenvalue weighted by Gasteiger charge is 2.15. The van der Waals surface area contributed by atoms with Crippen LogP contribution in [0.2, 0.25) is 5.02 Å². The fourth-order valence-corrected chi connectivity index (χ4v) is 4.27. The normalized spacial score (nSPS) is 10.7. The number of rotatable bonds is 6. The summed E-state index contributed by atoms with van der Waals surface area (Å²) in [6, 6.07) is 14.8. The molecule has 0 aliphatic heterocycles. The van der Waals surface area contributed by atoms with Crippen molar-refractivity contribution < 1.29 is 13.2 Å². The number of benzene rings is 2. The van der Waals surface area contributed by atoms with Gasteiger partial charge in [0.2, 0.25) is 17.8 Å². The Morgan fingerprint density at radius 3 is 2.16 bits per heavy atom. The SMILES string of the molecule is CC(=O)Nc1ccc(S(=O)(=O)Nc2ncccn2)cc1.CCc1nc(N)nc(N)c1-c1ccc(Cl)cc1. The van der Waals surface area contributed by atoms with E-state index in [-0.39, 0.29) is 22.7 Å². The van der Waals surface area contributed by atoms with Crippen molar-refractivity contribution in [1.29, 1.82) is 0 Å². The fourth-order valence-electron chi connectivity index (χ4n) is 3.18. The molecule has 0 saturated heterocycles. The molecule has 0 spiro atoms. The standard InChI is InChI=1S/C12H13ClN4.C12H12N4O3S/c1-2-9-10(11(14)17-12(15)16-9)7-3-5-8(13)6-4-7;1-9(17)15-10-3-5-11(6-4-10)20(18,19)16-12-13-7-2-8-14-12/h3-6H,2H2,1H3,(H4,14,15,16,17);2-8H,1H3,(H,15,17)(H,13,14,16). The largest absolute Gasteiger partial charge is 0.383 e. The van der Waals surface area contributed by atoms with E-state index in [2.05, 4.69) is 30.0 Å². The molecule has 4 rings (SSSR count). The van der Waals surface area contributed by atoms with Crippen molar-refractivity contribution in [2.75, 3.05) is 21.5 Å². The molecule has 0 aliphatic carbocycles. The molecule has 13 heteroatoms. The summed E-state index contributed by atoms with van der Waals surface area (Å²) in [6.45, 7) is 3.37. The van der Waals surface area contributed by atoms with Crippen molar-refractivity contribution in [3.8, 4) is 11.1 Å². The number of halogens is 1. The molecule has 11 nitrogen and oxygen atoms in total. The Hall–Kier alpha value is -4.29. The van der Waals surface area contributed by atoms with E-state index in [4.69, 9.17) is 23.1 Å². The molecule has 0 saturated carbocycles. The van der Waals surface area contributed by atoms with Crippen LogP contribution in [-0.4, -0.2) is 34.3 Å². The Morgan fingerprint density at radius 1 is 0.973 bits per heavy atom. The first-order valence-electron chi connectivity index (χ1n) is 10.9. The number of anilines is 4. The van der Waals surface area contributed by atoms with Crippen LogP contribution in [0.3, 0.4) is 0 Å². The van der Waals surface area contributed by atoms with Gasteiger partial charge in [-0.05, 0) is 54.4 Å². The lowest BCUT2D eigenvalue weighted by Gasteiger charge is -2.10. The number of carbonyl (C=O) groups excluding carboxylic acids is 1. The van der Waals surface area contributed by atoms with Gasteiger partial charge in [-0.1, -0.05) is 30.7 Å². The van der Waals surface area contributed by atoms with Gasteiger partial charge in [-0.25, -0.2) is 28.1 Å². The number of sulfonamides is 1. The van der Waals surface area contributed by atoms with E-state index in [9.17, 15) is 13.2 Å². The van der Waals surface area contributed by atoms with Crippen LogP contribution in [0, 0.1) is 0 Å². The minimum absolute atomic E-state index is 0.00145. The van der Waals surface area contributed by atoms with Crippen molar-refractivity contribution in [3.05, 3.63) is 77.7 Å². The fraction of sp³-hybridized carbons (Fsp3) is 0.125. The summed E-state index contributed by atoms with van der Waals surface area (Å²) in [5, 5.41) is 3.24. The molecule has 0 unspecified atom stereocenters. The zero-order chi connectivity index (χ0) is 27.0.